The van der Waals surface area contributed by atoms with Crippen LogP contribution in [0.15, 0.2) is 17.0 Å². The highest BCUT2D eigenvalue weighted by Gasteiger charge is 2.21. The second kappa shape index (κ2) is 5.11. The first-order valence-electron chi connectivity index (χ1n) is 4.78. The van der Waals surface area contributed by atoms with E-state index in [-0.39, 0.29) is 12.9 Å². The molecule has 16 heavy (non-hydrogen) atoms. The van der Waals surface area contributed by atoms with Crippen molar-refractivity contribution in [1.82, 2.24) is 14.9 Å². The summed E-state index contributed by atoms with van der Waals surface area (Å²) < 4.78 is 10.5. The van der Waals surface area contributed by atoms with Crippen LogP contribution in [0.4, 0.5) is 4.79 Å². The van der Waals surface area contributed by atoms with Gasteiger partial charge in [-0.25, -0.2) is 9.78 Å². The molecule has 0 spiro atoms. The number of rotatable bonds is 3. The Morgan fingerprint density at radius 2 is 2.31 bits per heavy atom. The third-order valence-electron chi connectivity index (χ3n) is 2.09. The van der Waals surface area contributed by atoms with Gasteiger partial charge in [-0.3, -0.25) is 4.98 Å². The Morgan fingerprint density at radius 3 is 2.94 bits per heavy atom. The van der Waals surface area contributed by atoms with Gasteiger partial charge in [-0.1, -0.05) is 0 Å². The van der Waals surface area contributed by atoms with Gasteiger partial charge in [0.15, 0.2) is 0 Å². The molecule has 1 fully saturated rings. The molecular weight excluding hydrogens is 278 g/mol. The Labute approximate surface area is 101 Å². The van der Waals surface area contributed by atoms with Gasteiger partial charge in [0.2, 0.25) is 12.7 Å². The summed E-state index contributed by atoms with van der Waals surface area (Å²) in [6.07, 6.45) is 3.67. The molecule has 1 amide bonds. The van der Waals surface area contributed by atoms with Gasteiger partial charge in [-0.2, -0.15) is 0 Å². The van der Waals surface area contributed by atoms with Gasteiger partial charge in [-0.05, 0) is 22.4 Å². The second-order valence-electron chi connectivity index (χ2n) is 3.19. The van der Waals surface area contributed by atoms with Crippen LogP contribution in [0, 0.1) is 0 Å². The highest BCUT2D eigenvalue weighted by atomic mass is 79.9. The molecule has 0 N–H and O–H groups in total. The number of ether oxygens (including phenoxy) is 2. The zero-order chi connectivity index (χ0) is 11.4. The summed E-state index contributed by atoms with van der Waals surface area (Å²) in [5, 5.41) is 0. The van der Waals surface area contributed by atoms with Crippen LogP contribution in [0.2, 0.25) is 0 Å². The maximum atomic E-state index is 11.3. The lowest BCUT2D eigenvalue weighted by atomic mass is 10.2. The van der Waals surface area contributed by atoms with E-state index in [0.717, 1.165) is 19.5 Å². The maximum absolute atomic E-state index is 11.3. The molecule has 6 nitrogen and oxygen atoms in total. The first-order chi connectivity index (χ1) is 7.75. The fraction of sp³-hybridized carbons (Fsp3) is 0.444. The lowest BCUT2D eigenvalue weighted by molar-refractivity contribution is 0.0215. The van der Waals surface area contributed by atoms with E-state index >= 15 is 0 Å². The van der Waals surface area contributed by atoms with Gasteiger partial charge < -0.3 is 14.4 Å². The Morgan fingerprint density at radius 1 is 1.50 bits per heavy atom. The van der Waals surface area contributed by atoms with Crippen LogP contribution < -0.4 is 4.74 Å². The summed E-state index contributed by atoms with van der Waals surface area (Å²) in [5.41, 5.74) is 0. The minimum Gasteiger partial charge on any atom is -0.439 e. The standard InChI is InChI=1S/C9H10BrN3O3/c10-7-4-11-5-8(12-7)15-6-16-9(14)13-2-1-3-13/h4-5H,1-3,6H2. The fourth-order valence-corrected chi connectivity index (χ4v) is 1.42. The van der Waals surface area contributed by atoms with Crippen LogP contribution in [-0.4, -0.2) is 40.8 Å². The van der Waals surface area contributed by atoms with Crippen LogP contribution in [0.1, 0.15) is 6.42 Å². The van der Waals surface area contributed by atoms with E-state index in [4.69, 9.17) is 9.47 Å². The number of nitrogens with zero attached hydrogens (tertiary/aromatic N) is 3. The minimum atomic E-state index is -0.353. The lowest BCUT2D eigenvalue weighted by Gasteiger charge is -2.29. The number of hydrogen-bond donors (Lipinski definition) is 0. The fourth-order valence-electron chi connectivity index (χ4n) is 1.13. The Kier molecular flexibility index (Phi) is 3.55. The zero-order valence-corrected chi connectivity index (χ0v) is 10.0. The van der Waals surface area contributed by atoms with E-state index in [1.165, 1.54) is 6.20 Å². The molecule has 1 aliphatic rings. The third kappa shape index (κ3) is 2.82. The quantitative estimate of drug-likeness (QED) is 0.787. The van der Waals surface area contributed by atoms with E-state index in [1.54, 1.807) is 11.1 Å². The van der Waals surface area contributed by atoms with Gasteiger partial charge >= 0.3 is 6.09 Å². The summed E-state index contributed by atoms with van der Waals surface area (Å²) in [4.78, 5) is 20.7. The van der Waals surface area contributed by atoms with E-state index in [2.05, 4.69) is 25.9 Å². The Bertz CT molecular complexity index is 384. The highest BCUT2D eigenvalue weighted by Crippen LogP contribution is 2.11. The molecular formula is C9H10BrN3O3. The van der Waals surface area contributed by atoms with Crippen LogP contribution in [-0.2, 0) is 4.74 Å². The van der Waals surface area contributed by atoms with Crippen LogP contribution in [0.25, 0.3) is 0 Å². The molecule has 86 valence electrons. The van der Waals surface area contributed by atoms with Gasteiger partial charge in [0, 0.05) is 13.1 Å². The third-order valence-corrected chi connectivity index (χ3v) is 2.47. The first kappa shape index (κ1) is 11.1. The van der Waals surface area contributed by atoms with Gasteiger partial charge in [-0.15, -0.1) is 0 Å². The molecule has 0 aromatic carbocycles. The van der Waals surface area contributed by atoms with E-state index in [9.17, 15) is 4.79 Å². The molecule has 2 heterocycles. The van der Waals surface area contributed by atoms with Crippen molar-refractivity contribution in [3.8, 4) is 5.88 Å². The van der Waals surface area contributed by atoms with Crippen molar-refractivity contribution in [3.05, 3.63) is 17.0 Å². The number of halogens is 1. The smallest absolute Gasteiger partial charge is 0.412 e. The first-order valence-corrected chi connectivity index (χ1v) is 5.57. The minimum absolute atomic E-state index is 0.152. The molecule has 7 heteroatoms. The van der Waals surface area contributed by atoms with Crippen molar-refractivity contribution in [3.63, 3.8) is 0 Å². The predicted molar refractivity (Wildman–Crippen MR) is 57.9 cm³/mol. The SMILES string of the molecule is O=C(OCOc1cncc(Br)n1)N1CCC1. The maximum Gasteiger partial charge on any atom is 0.412 e. The van der Waals surface area contributed by atoms with E-state index < -0.39 is 0 Å². The molecule has 1 aromatic heterocycles. The summed E-state index contributed by atoms with van der Waals surface area (Å²) in [6.45, 7) is 1.37. The highest BCUT2D eigenvalue weighted by molar-refractivity contribution is 9.10. The molecule has 1 aromatic rings. The van der Waals surface area contributed by atoms with E-state index in [1.807, 2.05) is 0 Å². The molecule has 0 radical (unpaired) electrons. The summed E-state index contributed by atoms with van der Waals surface area (Å²) in [5.74, 6) is 0.311. The van der Waals surface area contributed by atoms with Gasteiger partial charge in [0.25, 0.3) is 0 Å². The summed E-state index contributed by atoms with van der Waals surface area (Å²) in [7, 11) is 0. The monoisotopic (exact) mass is 287 g/mol. The van der Waals surface area contributed by atoms with Crippen molar-refractivity contribution in [2.45, 2.75) is 6.42 Å². The number of aromatic nitrogens is 2. The number of carbonyl (C=O) groups is 1. The molecule has 0 atom stereocenters. The Hall–Kier alpha value is -1.37. The summed E-state index contributed by atoms with van der Waals surface area (Å²) in [6, 6.07) is 0. The average Bonchev–Trinajstić information content (AvgIpc) is 2.15. The lowest BCUT2D eigenvalue weighted by Crippen LogP contribution is -2.42. The normalized spacial score (nSPS) is 14.2. The van der Waals surface area contributed by atoms with Crippen molar-refractivity contribution in [2.24, 2.45) is 0 Å². The summed E-state index contributed by atoms with van der Waals surface area (Å²) >= 11 is 3.16. The van der Waals surface area contributed by atoms with Crippen molar-refractivity contribution in [2.75, 3.05) is 19.9 Å². The zero-order valence-electron chi connectivity index (χ0n) is 8.43. The van der Waals surface area contributed by atoms with Crippen LogP contribution in [0.5, 0.6) is 5.88 Å². The molecule has 1 aliphatic heterocycles. The molecule has 0 saturated carbocycles. The predicted octanol–water partition coefficient (Wildman–Crippen LogP) is 1.42. The largest absolute Gasteiger partial charge is 0.439 e. The van der Waals surface area contributed by atoms with Crippen molar-refractivity contribution >= 4 is 22.0 Å². The number of likely N-dealkylation sites (tertiary alicyclic amines) is 1. The topological polar surface area (TPSA) is 64.5 Å². The van der Waals surface area contributed by atoms with E-state index in [0.29, 0.717) is 10.5 Å². The molecule has 2 rings (SSSR count). The van der Waals surface area contributed by atoms with Gasteiger partial charge in [0.1, 0.15) is 4.60 Å². The van der Waals surface area contributed by atoms with Crippen molar-refractivity contribution in [1.29, 1.82) is 0 Å². The number of carbonyl (C=O) groups excluding carboxylic acids is 1. The number of amides is 1. The van der Waals surface area contributed by atoms with Crippen molar-refractivity contribution < 1.29 is 14.3 Å². The molecule has 1 saturated heterocycles. The molecule has 0 unspecified atom stereocenters. The second-order valence-corrected chi connectivity index (χ2v) is 4.01. The van der Waals surface area contributed by atoms with Crippen LogP contribution >= 0.6 is 15.9 Å². The average molecular weight is 288 g/mol. The number of hydrogen-bond acceptors (Lipinski definition) is 5. The van der Waals surface area contributed by atoms with Crippen LogP contribution in [0.3, 0.4) is 0 Å². The molecule has 0 aliphatic carbocycles. The molecule has 0 bridgehead atoms. The van der Waals surface area contributed by atoms with Gasteiger partial charge in [0.05, 0.1) is 12.4 Å². The Balaban J connectivity index is 1.73.